The molecule has 1 heterocycles. The lowest BCUT2D eigenvalue weighted by molar-refractivity contribution is -0.119. The number of hydrogen-bond donors (Lipinski definition) is 1. The molecule has 0 bridgehead atoms. The van der Waals surface area contributed by atoms with E-state index in [4.69, 9.17) is 0 Å². The Labute approximate surface area is 125 Å². The van der Waals surface area contributed by atoms with Crippen LogP contribution in [-0.4, -0.2) is 19.0 Å². The number of rotatable bonds is 2. The van der Waals surface area contributed by atoms with E-state index in [9.17, 15) is 4.79 Å². The van der Waals surface area contributed by atoms with Gasteiger partial charge in [-0.2, -0.15) is 0 Å². The lowest BCUT2D eigenvalue weighted by Crippen LogP contribution is -2.34. The van der Waals surface area contributed by atoms with Crippen LogP contribution in [-0.2, 0) is 4.79 Å². The van der Waals surface area contributed by atoms with E-state index in [2.05, 4.69) is 5.32 Å². The van der Waals surface area contributed by atoms with E-state index in [0.717, 1.165) is 36.4 Å². The van der Waals surface area contributed by atoms with E-state index in [0.29, 0.717) is 0 Å². The van der Waals surface area contributed by atoms with Gasteiger partial charge in [-0.25, -0.2) is 0 Å². The van der Waals surface area contributed by atoms with Crippen LogP contribution in [0.1, 0.15) is 24.8 Å². The van der Waals surface area contributed by atoms with Gasteiger partial charge in [-0.1, -0.05) is 42.5 Å². The summed E-state index contributed by atoms with van der Waals surface area (Å²) in [6.07, 6.45) is 0.960. The summed E-state index contributed by atoms with van der Waals surface area (Å²) in [4.78, 5) is 14.8. The molecule has 1 aliphatic heterocycles. The van der Waals surface area contributed by atoms with Crippen molar-refractivity contribution < 1.29 is 4.79 Å². The standard InChI is InChI=1S/C18H20N2O/c1-14(15-8-3-2-4-9-15)18(21)20-13-7-12-19-16-10-5-6-11-17(16)20/h2-6,8-11,14,19H,7,12-13H2,1H3. The van der Waals surface area contributed by atoms with Crippen LogP contribution < -0.4 is 10.2 Å². The number of anilines is 2. The van der Waals surface area contributed by atoms with Crippen LogP contribution in [0.2, 0.25) is 0 Å². The van der Waals surface area contributed by atoms with Crippen molar-refractivity contribution in [2.75, 3.05) is 23.3 Å². The van der Waals surface area contributed by atoms with E-state index in [1.165, 1.54) is 0 Å². The van der Waals surface area contributed by atoms with E-state index in [1.807, 2.05) is 66.4 Å². The molecule has 3 heteroatoms. The smallest absolute Gasteiger partial charge is 0.234 e. The number of fused-ring (bicyclic) bond motifs is 1. The van der Waals surface area contributed by atoms with Gasteiger partial charge in [-0.3, -0.25) is 4.79 Å². The summed E-state index contributed by atoms with van der Waals surface area (Å²) < 4.78 is 0. The van der Waals surface area contributed by atoms with Crippen LogP contribution in [0, 0.1) is 0 Å². The minimum atomic E-state index is -0.127. The average Bonchev–Trinajstić information content (AvgIpc) is 2.77. The second-order valence-electron chi connectivity index (χ2n) is 5.42. The average molecular weight is 280 g/mol. The molecule has 0 fully saturated rings. The van der Waals surface area contributed by atoms with Crippen molar-refractivity contribution in [3.05, 3.63) is 60.2 Å². The Kier molecular flexibility index (Phi) is 3.91. The second kappa shape index (κ2) is 6.00. The Morgan fingerprint density at radius 2 is 1.81 bits per heavy atom. The third kappa shape index (κ3) is 2.77. The van der Waals surface area contributed by atoms with Crippen LogP contribution in [0.25, 0.3) is 0 Å². The summed E-state index contributed by atoms with van der Waals surface area (Å²) in [6.45, 7) is 3.65. The van der Waals surface area contributed by atoms with Gasteiger partial charge in [-0.05, 0) is 31.0 Å². The largest absolute Gasteiger partial charge is 0.383 e. The van der Waals surface area contributed by atoms with Crippen LogP contribution >= 0.6 is 0 Å². The van der Waals surface area contributed by atoms with E-state index in [-0.39, 0.29) is 11.8 Å². The number of hydrogen-bond acceptors (Lipinski definition) is 2. The Hall–Kier alpha value is -2.29. The molecular weight excluding hydrogens is 260 g/mol. The molecular formula is C18H20N2O. The molecule has 108 valence electrons. The molecule has 2 aromatic rings. The summed E-state index contributed by atoms with van der Waals surface area (Å²) in [7, 11) is 0. The van der Waals surface area contributed by atoms with Crippen LogP contribution in [0.3, 0.4) is 0 Å². The van der Waals surface area contributed by atoms with Crippen molar-refractivity contribution in [2.45, 2.75) is 19.3 Å². The number of carbonyl (C=O) groups is 1. The highest BCUT2D eigenvalue weighted by Gasteiger charge is 2.25. The van der Waals surface area contributed by atoms with Crippen molar-refractivity contribution in [3.63, 3.8) is 0 Å². The van der Waals surface area contributed by atoms with Crippen molar-refractivity contribution >= 4 is 17.3 Å². The van der Waals surface area contributed by atoms with Gasteiger partial charge in [0.25, 0.3) is 0 Å². The third-order valence-corrected chi connectivity index (χ3v) is 4.00. The Morgan fingerprint density at radius 3 is 2.62 bits per heavy atom. The zero-order valence-corrected chi connectivity index (χ0v) is 12.3. The number of nitrogens with zero attached hydrogens (tertiary/aromatic N) is 1. The monoisotopic (exact) mass is 280 g/mol. The van der Waals surface area contributed by atoms with Gasteiger partial charge >= 0.3 is 0 Å². The second-order valence-corrected chi connectivity index (χ2v) is 5.42. The maximum atomic E-state index is 12.9. The predicted molar refractivity (Wildman–Crippen MR) is 86.8 cm³/mol. The number of carbonyl (C=O) groups excluding carboxylic acids is 1. The molecule has 1 atom stereocenters. The quantitative estimate of drug-likeness (QED) is 0.911. The number of amides is 1. The van der Waals surface area contributed by atoms with Gasteiger partial charge in [0.05, 0.1) is 17.3 Å². The highest BCUT2D eigenvalue weighted by Crippen LogP contribution is 2.30. The lowest BCUT2D eigenvalue weighted by Gasteiger charge is -2.25. The molecule has 3 rings (SSSR count). The van der Waals surface area contributed by atoms with Gasteiger partial charge in [-0.15, -0.1) is 0 Å². The molecule has 1 N–H and O–H groups in total. The summed E-state index contributed by atoms with van der Waals surface area (Å²) in [6, 6.07) is 18.0. The van der Waals surface area contributed by atoms with E-state index in [1.54, 1.807) is 0 Å². The maximum Gasteiger partial charge on any atom is 0.234 e. The van der Waals surface area contributed by atoms with Gasteiger partial charge in [0.1, 0.15) is 0 Å². The van der Waals surface area contributed by atoms with Crippen molar-refractivity contribution in [3.8, 4) is 0 Å². The van der Waals surface area contributed by atoms with E-state index < -0.39 is 0 Å². The molecule has 21 heavy (non-hydrogen) atoms. The van der Waals surface area contributed by atoms with Crippen molar-refractivity contribution in [2.24, 2.45) is 0 Å². The third-order valence-electron chi connectivity index (χ3n) is 4.00. The maximum absolute atomic E-state index is 12.9. The summed E-state index contributed by atoms with van der Waals surface area (Å²) in [5.41, 5.74) is 3.10. The highest BCUT2D eigenvalue weighted by atomic mass is 16.2. The Morgan fingerprint density at radius 1 is 1.10 bits per heavy atom. The fourth-order valence-corrected chi connectivity index (χ4v) is 2.79. The fraction of sp³-hybridized carbons (Fsp3) is 0.278. The van der Waals surface area contributed by atoms with Crippen LogP contribution in [0.4, 0.5) is 11.4 Å². The first-order valence-electron chi connectivity index (χ1n) is 7.46. The molecule has 0 aliphatic carbocycles. The molecule has 1 unspecified atom stereocenters. The first-order chi connectivity index (χ1) is 10.3. The minimum absolute atomic E-state index is 0.127. The molecule has 0 saturated carbocycles. The summed E-state index contributed by atoms with van der Waals surface area (Å²) >= 11 is 0. The van der Waals surface area contributed by atoms with Crippen LogP contribution in [0.5, 0.6) is 0 Å². The summed E-state index contributed by atoms with van der Waals surface area (Å²) in [5, 5.41) is 3.39. The number of nitrogens with one attached hydrogen (secondary N) is 1. The molecule has 1 aliphatic rings. The van der Waals surface area contributed by atoms with Gasteiger partial charge in [0.15, 0.2) is 0 Å². The molecule has 0 spiro atoms. The predicted octanol–water partition coefficient (Wildman–Crippen LogP) is 3.64. The normalized spacial score (nSPS) is 15.6. The topological polar surface area (TPSA) is 32.3 Å². The SMILES string of the molecule is CC(C(=O)N1CCCNc2ccccc21)c1ccccc1. The number of para-hydroxylation sites is 2. The van der Waals surface area contributed by atoms with Crippen LogP contribution in [0.15, 0.2) is 54.6 Å². The first kappa shape index (κ1) is 13.7. The van der Waals surface area contributed by atoms with Crippen molar-refractivity contribution in [1.82, 2.24) is 0 Å². The van der Waals surface area contributed by atoms with Crippen molar-refractivity contribution in [1.29, 1.82) is 0 Å². The lowest BCUT2D eigenvalue weighted by atomic mass is 9.99. The molecule has 0 aromatic heterocycles. The molecule has 1 amide bonds. The van der Waals surface area contributed by atoms with Gasteiger partial charge < -0.3 is 10.2 Å². The summed E-state index contributed by atoms with van der Waals surface area (Å²) in [5.74, 6) is 0.0368. The molecule has 0 saturated heterocycles. The molecule has 0 radical (unpaired) electrons. The first-order valence-corrected chi connectivity index (χ1v) is 7.46. The Balaban J connectivity index is 1.91. The molecule has 2 aromatic carbocycles. The zero-order valence-electron chi connectivity index (χ0n) is 12.3. The highest BCUT2D eigenvalue weighted by molar-refractivity contribution is 6.00. The minimum Gasteiger partial charge on any atom is -0.383 e. The van der Waals surface area contributed by atoms with E-state index >= 15 is 0 Å². The van der Waals surface area contributed by atoms with Gasteiger partial charge in [0, 0.05) is 13.1 Å². The zero-order chi connectivity index (χ0) is 14.7. The fourth-order valence-electron chi connectivity index (χ4n) is 2.79. The Bertz CT molecular complexity index is 624. The van der Waals surface area contributed by atoms with Gasteiger partial charge in [0.2, 0.25) is 5.91 Å². The molecule has 3 nitrogen and oxygen atoms in total. The number of benzene rings is 2.